The van der Waals surface area contributed by atoms with Crippen molar-refractivity contribution in [1.82, 2.24) is 0 Å². The molecule has 20 heavy (non-hydrogen) atoms. The first-order valence-electron chi connectivity index (χ1n) is 6.24. The van der Waals surface area contributed by atoms with Crippen molar-refractivity contribution < 1.29 is 9.18 Å². The zero-order valence-corrected chi connectivity index (χ0v) is 12.6. The van der Waals surface area contributed by atoms with Crippen molar-refractivity contribution >= 4 is 39.9 Å². The fraction of sp³-hybridized carbons (Fsp3) is 0.133. The molecule has 1 unspecified atom stereocenters. The largest absolute Gasteiger partial charge is 0.384 e. The quantitative estimate of drug-likeness (QED) is 0.780. The SMILES string of the molecule is O=C(Nc1ccc(F)cc1I)C1CNc2ccccc21. The summed E-state index contributed by atoms with van der Waals surface area (Å²) < 4.78 is 13.7. The molecule has 1 aliphatic rings. The van der Waals surface area contributed by atoms with Gasteiger partial charge in [0.15, 0.2) is 0 Å². The van der Waals surface area contributed by atoms with Crippen molar-refractivity contribution in [3.8, 4) is 0 Å². The minimum Gasteiger partial charge on any atom is -0.384 e. The molecule has 102 valence electrons. The average molecular weight is 382 g/mol. The van der Waals surface area contributed by atoms with E-state index in [1.807, 2.05) is 46.9 Å². The molecule has 0 fully saturated rings. The van der Waals surface area contributed by atoms with E-state index >= 15 is 0 Å². The second-order valence-corrected chi connectivity index (χ2v) is 5.80. The first kappa shape index (κ1) is 13.4. The van der Waals surface area contributed by atoms with Crippen molar-refractivity contribution in [3.63, 3.8) is 0 Å². The van der Waals surface area contributed by atoms with E-state index in [9.17, 15) is 9.18 Å². The summed E-state index contributed by atoms with van der Waals surface area (Å²) in [5.74, 6) is -0.598. The molecule has 2 N–H and O–H groups in total. The van der Waals surface area contributed by atoms with Crippen molar-refractivity contribution in [1.29, 1.82) is 0 Å². The van der Waals surface area contributed by atoms with Crippen LogP contribution in [0.25, 0.3) is 0 Å². The Morgan fingerprint density at radius 3 is 2.90 bits per heavy atom. The number of hydrogen-bond donors (Lipinski definition) is 2. The summed E-state index contributed by atoms with van der Waals surface area (Å²) in [5, 5.41) is 6.09. The number of halogens is 2. The Morgan fingerprint density at radius 1 is 1.30 bits per heavy atom. The van der Waals surface area contributed by atoms with Crippen LogP contribution >= 0.6 is 22.6 Å². The molecule has 1 amide bonds. The Labute approximate surface area is 129 Å². The molecule has 5 heteroatoms. The number of para-hydroxylation sites is 1. The zero-order valence-electron chi connectivity index (χ0n) is 10.5. The predicted octanol–water partition coefficient (Wildman–Crippen LogP) is 3.58. The molecule has 0 radical (unpaired) electrons. The number of hydrogen-bond acceptors (Lipinski definition) is 2. The minimum absolute atomic E-state index is 0.0769. The lowest BCUT2D eigenvalue weighted by atomic mass is 10.0. The fourth-order valence-corrected chi connectivity index (χ4v) is 2.94. The van der Waals surface area contributed by atoms with Gasteiger partial charge in [0.1, 0.15) is 5.82 Å². The van der Waals surface area contributed by atoms with Crippen molar-refractivity contribution in [2.45, 2.75) is 5.92 Å². The van der Waals surface area contributed by atoms with Crippen LogP contribution in [0.4, 0.5) is 15.8 Å². The lowest BCUT2D eigenvalue weighted by Crippen LogP contribution is -2.23. The molecule has 0 aromatic heterocycles. The van der Waals surface area contributed by atoms with Crippen LogP contribution < -0.4 is 10.6 Å². The monoisotopic (exact) mass is 382 g/mol. The summed E-state index contributed by atoms with van der Waals surface area (Å²) in [6.07, 6.45) is 0. The first-order chi connectivity index (χ1) is 9.65. The number of amides is 1. The minimum atomic E-state index is -0.305. The molecule has 1 atom stereocenters. The average Bonchev–Trinajstić information content (AvgIpc) is 2.86. The number of fused-ring (bicyclic) bond motifs is 1. The van der Waals surface area contributed by atoms with Gasteiger partial charge in [0.05, 0.1) is 11.6 Å². The van der Waals surface area contributed by atoms with Crippen molar-refractivity contribution in [2.75, 3.05) is 17.2 Å². The highest BCUT2D eigenvalue weighted by Crippen LogP contribution is 2.32. The number of rotatable bonds is 2. The highest BCUT2D eigenvalue weighted by atomic mass is 127. The van der Waals surface area contributed by atoms with Gasteiger partial charge in [-0.15, -0.1) is 0 Å². The number of anilines is 2. The smallest absolute Gasteiger partial charge is 0.233 e. The first-order valence-corrected chi connectivity index (χ1v) is 7.32. The highest BCUT2D eigenvalue weighted by Gasteiger charge is 2.28. The Hall–Kier alpha value is -1.63. The van der Waals surface area contributed by atoms with Gasteiger partial charge in [-0.3, -0.25) is 4.79 Å². The third-order valence-electron chi connectivity index (χ3n) is 3.34. The van der Waals surface area contributed by atoms with Gasteiger partial charge in [0.2, 0.25) is 5.91 Å². The maximum atomic E-state index is 13.1. The van der Waals surface area contributed by atoms with Crippen LogP contribution in [0.15, 0.2) is 42.5 Å². The van der Waals surface area contributed by atoms with Crippen LogP contribution in [0.2, 0.25) is 0 Å². The van der Waals surface area contributed by atoms with Gasteiger partial charge in [-0.25, -0.2) is 4.39 Å². The molecular weight excluding hydrogens is 370 g/mol. The normalized spacial score (nSPS) is 16.4. The Bertz CT molecular complexity index is 675. The van der Waals surface area contributed by atoms with Gasteiger partial charge in [0.25, 0.3) is 0 Å². The van der Waals surface area contributed by atoms with E-state index in [4.69, 9.17) is 0 Å². The Kier molecular flexibility index (Phi) is 3.60. The number of carbonyl (C=O) groups excluding carboxylic acids is 1. The summed E-state index contributed by atoms with van der Waals surface area (Å²) in [6.45, 7) is 0.586. The maximum absolute atomic E-state index is 13.1. The molecule has 2 aromatic carbocycles. The second kappa shape index (κ2) is 5.40. The summed E-state index contributed by atoms with van der Waals surface area (Å²) in [4.78, 5) is 12.4. The molecular formula is C15H12FIN2O. The van der Waals surface area contributed by atoms with Crippen LogP contribution in [0, 0.1) is 9.39 Å². The van der Waals surface area contributed by atoms with Gasteiger partial charge in [-0.1, -0.05) is 18.2 Å². The third-order valence-corrected chi connectivity index (χ3v) is 4.23. The molecule has 3 nitrogen and oxygen atoms in total. The summed E-state index contributed by atoms with van der Waals surface area (Å²) in [5.41, 5.74) is 2.64. The van der Waals surface area contributed by atoms with E-state index < -0.39 is 0 Å². The maximum Gasteiger partial charge on any atom is 0.233 e. The van der Waals surface area contributed by atoms with Gasteiger partial charge < -0.3 is 10.6 Å². The van der Waals surface area contributed by atoms with Crippen molar-refractivity contribution in [2.24, 2.45) is 0 Å². The van der Waals surface area contributed by atoms with Crippen LogP contribution in [-0.2, 0) is 4.79 Å². The lowest BCUT2D eigenvalue weighted by Gasteiger charge is -2.12. The lowest BCUT2D eigenvalue weighted by molar-refractivity contribution is -0.117. The molecule has 2 aromatic rings. The molecule has 0 bridgehead atoms. The molecule has 1 heterocycles. The molecule has 0 saturated heterocycles. The van der Waals surface area contributed by atoms with E-state index in [1.165, 1.54) is 12.1 Å². The molecule has 0 aliphatic carbocycles. The summed E-state index contributed by atoms with van der Waals surface area (Å²) >= 11 is 2.01. The number of nitrogens with one attached hydrogen (secondary N) is 2. The van der Waals surface area contributed by atoms with Crippen LogP contribution in [0.5, 0.6) is 0 Å². The third kappa shape index (κ3) is 2.49. The standard InChI is InChI=1S/C15H12FIN2O/c16-9-5-6-14(12(17)7-9)19-15(20)11-8-18-13-4-2-1-3-10(11)13/h1-7,11,18H,8H2,(H,19,20). The summed E-state index contributed by atoms with van der Waals surface area (Å²) in [6, 6.07) is 12.1. The van der Waals surface area contributed by atoms with E-state index in [0.29, 0.717) is 15.8 Å². The fourth-order valence-electron chi connectivity index (χ4n) is 2.33. The Morgan fingerprint density at radius 2 is 2.10 bits per heavy atom. The number of benzene rings is 2. The van der Waals surface area contributed by atoms with Gasteiger partial charge in [0, 0.05) is 15.8 Å². The second-order valence-electron chi connectivity index (χ2n) is 4.63. The number of carbonyl (C=O) groups is 1. The zero-order chi connectivity index (χ0) is 14.1. The van der Waals surface area contributed by atoms with E-state index in [0.717, 1.165) is 11.3 Å². The van der Waals surface area contributed by atoms with Gasteiger partial charge >= 0.3 is 0 Å². The molecule has 0 spiro atoms. The van der Waals surface area contributed by atoms with Crippen molar-refractivity contribution in [3.05, 3.63) is 57.4 Å². The van der Waals surface area contributed by atoms with E-state index in [1.54, 1.807) is 6.07 Å². The van der Waals surface area contributed by atoms with Crippen LogP contribution in [0.1, 0.15) is 11.5 Å². The van der Waals surface area contributed by atoms with Gasteiger partial charge in [-0.05, 0) is 52.4 Å². The van der Waals surface area contributed by atoms with E-state index in [2.05, 4.69) is 10.6 Å². The topological polar surface area (TPSA) is 41.1 Å². The van der Waals surface area contributed by atoms with E-state index in [-0.39, 0.29) is 17.6 Å². The molecule has 0 saturated carbocycles. The Balaban J connectivity index is 1.81. The molecule has 1 aliphatic heterocycles. The predicted molar refractivity (Wildman–Crippen MR) is 85.4 cm³/mol. The van der Waals surface area contributed by atoms with Gasteiger partial charge in [-0.2, -0.15) is 0 Å². The highest BCUT2D eigenvalue weighted by molar-refractivity contribution is 14.1. The van der Waals surface area contributed by atoms with Crippen LogP contribution in [-0.4, -0.2) is 12.5 Å². The van der Waals surface area contributed by atoms with Crippen LogP contribution in [0.3, 0.4) is 0 Å². The molecule has 3 rings (SSSR count). The summed E-state index contributed by atoms with van der Waals surface area (Å²) in [7, 11) is 0.